The highest BCUT2D eigenvalue weighted by Crippen LogP contribution is 2.39. The van der Waals surface area contributed by atoms with Crippen molar-refractivity contribution in [3.8, 4) is 11.5 Å². The second-order valence-corrected chi connectivity index (χ2v) is 6.39. The maximum atomic E-state index is 12.6. The minimum Gasteiger partial charge on any atom is -0.481 e. The number of halogens is 1. The van der Waals surface area contributed by atoms with Crippen LogP contribution in [0.5, 0.6) is 11.5 Å². The number of hydrogen-bond acceptors (Lipinski definition) is 4. The summed E-state index contributed by atoms with van der Waals surface area (Å²) in [6.07, 6.45) is 0.839. The van der Waals surface area contributed by atoms with Crippen LogP contribution in [0.1, 0.15) is 28.8 Å². The molecule has 0 radical (unpaired) electrons. The van der Waals surface area contributed by atoms with Crippen molar-refractivity contribution in [1.82, 2.24) is 5.32 Å². The van der Waals surface area contributed by atoms with E-state index in [1.807, 2.05) is 30.3 Å². The van der Waals surface area contributed by atoms with Gasteiger partial charge in [-0.15, -0.1) is 0 Å². The molecule has 0 saturated heterocycles. The molecule has 2 aromatic rings. The molecule has 1 aliphatic heterocycles. The lowest BCUT2D eigenvalue weighted by molar-refractivity contribution is -0.137. The highest BCUT2D eigenvalue weighted by molar-refractivity contribution is 6.32. The van der Waals surface area contributed by atoms with Crippen molar-refractivity contribution < 1.29 is 24.2 Å². The highest BCUT2D eigenvalue weighted by Gasteiger charge is 2.22. The zero-order chi connectivity index (χ0) is 18.5. The number of benzene rings is 2. The third kappa shape index (κ3) is 4.46. The van der Waals surface area contributed by atoms with Gasteiger partial charge in [0.15, 0.2) is 11.5 Å². The maximum Gasteiger partial charge on any atom is 0.303 e. The summed E-state index contributed by atoms with van der Waals surface area (Å²) in [6, 6.07) is 12.4. The van der Waals surface area contributed by atoms with Crippen molar-refractivity contribution in [1.29, 1.82) is 0 Å². The summed E-state index contributed by atoms with van der Waals surface area (Å²) in [7, 11) is 0. The molecular formula is C19H18ClNO5. The van der Waals surface area contributed by atoms with Crippen LogP contribution >= 0.6 is 11.6 Å². The molecule has 136 valence electrons. The largest absolute Gasteiger partial charge is 0.481 e. The van der Waals surface area contributed by atoms with Crippen molar-refractivity contribution in [2.75, 3.05) is 6.79 Å². The smallest absolute Gasteiger partial charge is 0.303 e. The Morgan fingerprint density at radius 1 is 1.19 bits per heavy atom. The van der Waals surface area contributed by atoms with Crippen LogP contribution < -0.4 is 14.8 Å². The third-order valence-electron chi connectivity index (χ3n) is 4.06. The van der Waals surface area contributed by atoms with Crippen molar-refractivity contribution in [2.45, 2.75) is 25.3 Å². The molecule has 1 atom stereocenters. The molecule has 7 heteroatoms. The van der Waals surface area contributed by atoms with E-state index in [0.29, 0.717) is 34.9 Å². The lowest BCUT2D eigenvalue weighted by Crippen LogP contribution is -2.37. The molecule has 0 aliphatic carbocycles. The van der Waals surface area contributed by atoms with Crippen LogP contribution in [0.3, 0.4) is 0 Å². The van der Waals surface area contributed by atoms with Crippen molar-refractivity contribution >= 4 is 23.5 Å². The van der Waals surface area contributed by atoms with Crippen LogP contribution in [0.25, 0.3) is 0 Å². The van der Waals surface area contributed by atoms with Gasteiger partial charge in [-0.05, 0) is 30.5 Å². The molecule has 3 rings (SSSR count). The van der Waals surface area contributed by atoms with E-state index in [2.05, 4.69) is 5.32 Å². The van der Waals surface area contributed by atoms with E-state index in [9.17, 15) is 9.59 Å². The Morgan fingerprint density at radius 3 is 2.69 bits per heavy atom. The summed E-state index contributed by atoms with van der Waals surface area (Å²) in [4.78, 5) is 23.6. The van der Waals surface area contributed by atoms with Crippen LogP contribution in [-0.2, 0) is 11.2 Å². The van der Waals surface area contributed by atoms with Gasteiger partial charge in [0.25, 0.3) is 5.91 Å². The maximum absolute atomic E-state index is 12.6. The van der Waals surface area contributed by atoms with Crippen LogP contribution in [0.4, 0.5) is 0 Å². The van der Waals surface area contributed by atoms with Crippen LogP contribution in [-0.4, -0.2) is 29.8 Å². The van der Waals surface area contributed by atoms with Gasteiger partial charge in [-0.1, -0.05) is 41.9 Å². The summed E-state index contributed by atoms with van der Waals surface area (Å²) in [5, 5.41) is 12.2. The number of carboxylic acids is 1. The average Bonchev–Trinajstić information content (AvgIpc) is 3.09. The van der Waals surface area contributed by atoms with E-state index in [0.717, 1.165) is 5.56 Å². The minimum absolute atomic E-state index is 0.0281. The van der Waals surface area contributed by atoms with Gasteiger partial charge in [0.1, 0.15) is 0 Å². The fourth-order valence-corrected chi connectivity index (χ4v) is 3.05. The number of nitrogens with one attached hydrogen (secondary N) is 1. The Labute approximate surface area is 155 Å². The SMILES string of the molecule is O=C(O)CCC(Cc1ccccc1)NC(=O)c1cc(Cl)c2c(c1)OCO2. The second-order valence-electron chi connectivity index (χ2n) is 5.98. The van der Waals surface area contributed by atoms with E-state index in [-0.39, 0.29) is 25.2 Å². The van der Waals surface area contributed by atoms with E-state index in [1.54, 1.807) is 6.07 Å². The summed E-state index contributed by atoms with van der Waals surface area (Å²) < 4.78 is 10.5. The standard InChI is InChI=1S/C19H18ClNO5/c20-15-9-13(10-16-18(15)26-11-25-16)19(24)21-14(6-7-17(22)23)8-12-4-2-1-3-5-12/h1-5,9-10,14H,6-8,11H2,(H,21,24)(H,22,23). The molecule has 1 unspecified atom stereocenters. The zero-order valence-electron chi connectivity index (χ0n) is 13.9. The summed E-state index contributed by atoms with van der Waals surface area (Å²) in [5.41, 5.74) is 1.36. The number of hydrogen-bond donors (Lipinski definition) is 2. The Kier molecular flexibility index (Phi) is 5.63. The van der Waals surface area contributed by atoms with Crippen LogP contribution in [0.15, 0.2) is 42.5 Å². The second kappa shape index (κ2) is 8.10. The Morgan fingerprint density at radius 2 is 1.96 bits per heavy atom. The predicted octanol–water partition coefficient (Wildman–Crippen LogP) is 3.27. The molecule has 1 amide bonds. The lowest BCUT2D eigenvalue weighted by atomic mass is 10.0. The molecule has 0 bridgehead atoms. The number of aliphatic carboxylic acids is 1. The van der Waals surface area contributed by atoms with Gasteiger partial charge >= 0.3 is 5.97 Å². The molecule has 0 spiro atoms. The molecule has 1 aliphatic rings. The van der Waals surface area contributed by atoms with Crippen molar-refractivity contribution in [3.05, 3.63) is 58.6 Å². The van der Waals surface area contributed by atoms with Gasteiger partial charge in [0, 0.05) is 18.0 Å². The van der Waals surface area contributed by atoms with Crippen molar-refractivity contribution in [3.63, 3.8) is 0 Å². The first-order chi connectivity index (χ1) is 12.5. The molecule has 0 saturated carbocycles. The quantitative estimate of drug-likeness (QED) is 0.775. The summed E-state index contributed by atoms with van der Waals surface area (Å²) >= 11 is 6.13. The van der Waals surface area contributed by atoms with Crippen LogP contribution in [0, 0.1) is 0 Å². The van der Waals surface area contributed by atoms with Crippen LogP contribution in [0.2, 0.25) is 5.02 Å². The average molecular weight is 376 g/mol. The topological polar surface area (TPSA) is 84.9 Å². The van der Waals surface area contributed by atoms with Gasteiger partial charge in [0.05, 0.1) is 5.02 Å². The van der Waals surface area contributed by atoms with E-state index < -0.39 is 5.97 Å². The number of amides is 1. The van der Waals surface area contributed by atoms with E-state index in [1.165, 1.54) is 6.07 Å². The first-order valence-electron chi connectivity index (χ1n) is 8.18. The first kappa shape index (κ1) is 18.1. The number of fused-ring (bicyclic) bond motifs is 1. The molecule has 26 heavy (non-hydrogen) atoms. The predicted molar refractivity (Wildman–Crippen MR) is 95.8 cm³/mol. The Bertz CT molecular complexity index is 809. The summed E-state index contributed by atoms with van der Waals surface area (Å²) in [6.45, 7) is 0.0649. The van der Waals surface area contributed by atoms with Gasteiger partial charge in [-0.2, -0.15) is 0 Å². The van der Waals surface area contributed by atoms with Gasteiger partial charge in [-0.3, -0.25) is 9.59 Å². The number of rotatable bonds is 7. The zero-order valence-corrected chi connectivity index (χ0v) is 14.7. The normalized spacial score (nSPS) is 13.3. The highest BCUT2D eigenvalue weighted by atomic mass is 35.5. The molecule has 0 aromatic heterocycles. The monoisotopic (exact) mass is 375 g/mol. The Hall–Kier alpha value is -2.73. The van der Waals surface area contributed by atoms with E-state index in [4.69, 9.17) is 26.2 Å². The third-order valence-corrected chi connectivity index (χ3v) is 4.34. The number of carbonyl (C=O) groups is 2. The van der Waals surface area contributed by atoms with Gasteiger partial charge < -0.3 is 19.9 Å². The minimum atomic E-state index is -0.900. The van der Waals surface area contributed by atoms with Gasteiger partial charge in [0.2, 0.25) is 6.79 Å². The summed E-state index contributed by atoms with van der Waals surface area (Å²) in [5.74, 6) is -0.386. The number of carbonyl (C=O) groups excluding carboxylic acids is 1. The number of ether oxygens (including phenoxy) is 2. The molecule has 0 fully saturated rings. The Balaban J connectivity index is 1.74. The van der Waals surface area contributed by atoms with Gasteiger partial charge in [-0.25, -0.2) is 0 Å². The number of carboxylic acid groups (broad SMARTS) is 1. The molecular weight excluding hydrogens is 358 g/mol. The molecule has 1 heterocycles. The fourth-order valence-electron chi connectivity index (χ4n) is 2.79. The van der Waals surface area contributed by atoms with Crippen molar-refractivity contribution in [2.24, 2.45) is 0 Å². The molecule has 2 aromatic carbocycles. The fraction of sp³-hybridized carbons (Fsp3) is 0.263. The van der Waals surface area contributed by atoms with E-state index >= 15 is 0 Å². The molecule has 2 N–H and O–H groups in total. The first-order valence-corrected chi connectivity index (χ1v) is 8.56. The molecule has 6 nitrogen and oxygen atoms in total. The lowest BCUT2D eigenvalue weighted by Gasteiger charge is -2.18.